The zero-order chi connectivity index (χ0) is 19.7. The minimum absolute atomic E-state index is 0.144. The number of ether oxygens (including phenoxy) is 1. The van der Waals surface area contributed by atoms with Crippen LogP contribution in [-0.2, 0) is 21.5 Å². The van der Waals surface area contributed by atoms with Gasteiger partial charge in [-0.2, -0.15) is 0 Å². The second-order valence-electron chi connectivity index (χ2n) is 8.57. The van der Waals surface area contributed by atoms with Gasteiger partial charge < -0.3 is 14.6 Å². The van der Waals surface area contributed by atoms with Gasteiger partial charge in [0.25, 0.3) is 0 Å². The van der Waals surface area contributed by atoms with Gasteiger partial charge in [0.15, 0.2) is 0 Å². The third kappa shape index (κ3) is 4.41. The number of aryl methyl sites for hydroxylation is 2. The zero-order valence-electron chi connectivity index (χ0n) is 17.1. The highest BCUT2D eigenvalue weighted by molar-refractivity contribution is 5.77. The lowest BCUT2D eigenvalue weighted by Gasteiger charge is -2.46. The number of benzene rings is 1. The summed E-state index contributed by atoms with van der Waals surface area (Å²) in [5.74, 6) is 0.964. The summed E-state index contributed by atoms with van der Waals surface area (Å²) in [7, 11) is 1.86. The van der Waals surface area contributed by atoms with Crippen molar-refractivity contribution in [3.05, 3.63) is 53.1 Å². The van der Waals surface area contributed by atoms with Crippen LogP contribution in [-0.4, -0.2) is 40.0 Å². The fourth-order valence-corrected chi connectivity index (χ4v) is 4.41. The van der Waals surface area contributed by atoms with E-state index in [1.54, 1.807) is 11.1 Å². The summed E-state index contributed by atoms with van der Waals surface area (Å²) in [6.45, 7) is 9.53. The average molecular weight is 370 g/mol. The third-order valence-corrected chi connectivity index (χ3v) is 5.61. The summed E-state index contributed by atoms with van der Waals surface area (Å²) in [6.07, 6.45) is 3.98. The second-order valence-corrected chi connectivity index (χ2v) is 8.57. The summed E-state index contributed by atoms with van der Waals surface area (Å²) < 4.78 is 5.98. The van der Waals surface area contributed by atoms with Crippen molar-refractivity contribution in [2.24, 2.45) is 0 Å². The van der Waals surface area contributed by atoms with Gasteiger partial charge in [-0.15, -0.1) is 0 Å². The fourth-order valence-electron chi connectivity index (χ4n) is 4.41. The standard InChI is InChI=1S/C22H31N3O2/c1-16-8-6-7-9-18(16)22(10-11-27-21(3,4)15-22)12-20(26)25(5)14-19-23-13-17(2)24-19/h6-9,13H,10-12,14-15H2,1-5H3,(H,23,24). The number of nitrogens with zero attached hydrogens (tertiary/aromatic N) is 2. The van der Waals surface area contributed by atoms with Crippen LogP contribution in [0.4, 0.5) is 0 Å². The Kier molecular flexibility index (Phi) is 5.43. The van der Waals surface area contributed by atoms with Gasteiger partial charge in [0.1, 0.15) is 5.82 Å². The Hall–Kier alpha value is -2.14. The van der Waals surface area contributed by atoms with Gasteiger partial charge in [-0.25, -0.2) is 4.98 Å². The summed E-state index contributed by atoms with van der Waals surface area (Å²) in [5, 5.41) is 0. The molecule has 1 saturated heterocycles. The average Bonchev–Trinajstić information content (AvgIpc) is 2.99. The van der Waals surface area contributed by atoms with E-state index in [9.17, 15) is 4.79 Å². The molecule has 3 rings (SSSR count). The van der Waals surface area contributed by atoms with Crippen LogP contribution in [0.15, 0.2) is 30.5 Å². The van der Waals surface area contributed by atoms with E-state index < -0.39 is 0 Å². The van der Waals surface area contributed by atoms with Crippen molar-refractivity contribution >= 4 is 5.91 Å². The van der Waals surface area contributed by atoms with Gasteiger partial charge in [-0.3, -0.25) is 4.79 Å². The highest BCUT2D eigenvalue weighted by Gasteiger charge is 2.44. The van der Waals surface area contributed by atoms with Crippen LogP contribution in [0, 0.1) is 13.8 Å². The molecule has 5 nitrogen and oxygen atoms in total. The monoisotopic (exact) mass is 369 g/mol. The lowest BCUT2D eigenvalue weighted by molar-refractivity contribution is -0.135. The van der Waals surface area contributed by atoms with E-state index in [4.69, 9.17) is 4.74 Å². The van der Waals surface area contributed by atoms with Crippen molar-refractivity contribution in [3.63, 3.8) is 0 Å². The van der Waals surface area contributed by atoms with Crippen LogP contribution in [0.2, 0.25) is 0 Å². The van der Waals surface area contributed by atoms with E-state index in [-0.39, 0.29) is 16.9 Å². The number of aromatic amines is 1. The first-order chi connectivity index (χ1) is 12.7. The van der Waals surface area contributed by atoms with Crippen LogP contribution in [0.1, 0.15) is 55.8 Å². The second kappa shape index (κ2) is 7.47. The topological polar surface area (TPSA) is 58.2 Å². The fraction of sp³-hybridized carbons (Fsp3) is 0.545. The predicted molar refractivity (Wildman–Crippen MR) is 107 cm³/mol. The first-order valence-electron chi connectivity index (χ1n) is 9.65. The van der Waals surface area contributed by atoms with Crippen LogP contribution < -0.4 is 0 Å². The Morgan fingerprint density at radius 3 is 2.67 bits per heavy atom. The first-order valence-corrected chi connectivity index (χ1v) is 9.65. The number of amides is 1. The van der Waals surface area contributed by atoms with Gasteiger partial charge in [0.05, 0.1) is 12.1 Å². The van der Waals surface area contributed by atoms with Gasteiger partial charge in [-0.1, -0.05) is 24.3 Å². The van der Waals surface area contributed by atoms with E-state index in [0.717, 1.165) is 24.4 Å². The maximum absolute atomic E-state index is 13.2. The molecule has 0 radical (unpaired) electrons. The van der Waals surface area contributed by atoms with E-state index in [1.807, 2.05) is 14.0 Å². The quantitative estimate of drug-likeness (QED) is 0.869. The number of aromatic nitrogens is 2. The molecule has 1 atom stereocenters. The van der Waals surface area contributed by atoms with Crippen molar-refractivity contribution in [3.8, 4) is 0 Å². The number of carbonyl (C=O) groups excluding carboxylic acids is 1. The van der Waals surface area contributed by atoms with Crippen LogP contribution in [0.3, 0.4) is 0 Å². The van der Waals surface area contributed by atoms with E-state index in [0.29, 0.717) is 19.6 Å². The van der Waals surface area contributed by atoms with Crippen LogP contribution in [0.5, 0.6) is 0 Å². The molecule has 1 amide bonds. The Balaban J connectivity index is 1.85. The SMILES string of the molecule is Cc1cnc(CN(C)C(=O)CC2(c3ccccc3C)CCOC(C)(C)C2)[nH]1. The van der Waals surface area contributed by atoms with Gasteiger partial charge in [0.2, 0.25) is 5.91 Å². The highest BCUT2D eigenvalue weighted by Crippen LogP contribution is 2.45. The number of carbonyl (C=O) groups is 1. The summed E-state index contributed by atoms with van der Waals surface area (Å²) in [4.78, 5) is 22.5. The van der Waals surface area contributed by atoms with E-state index >= 15 is 0 Å². The van der Waals surface area contributed by atoms with Crippen molar-refractivity contribution in [2.75, 3.05) is 13.7 Å². The Morgan fingerprint density at radius 1 is 1.30 bits per heavy atom. The minimum atomic E-state index is -0.239. The van der Waals surface area contributed by atoms with E-state index in [2.05, 4.69) is 55.0 Å². The van der Waals surface area contributed by atoms with Crippen LogP contribution >= 0.6 is 0 Å². The number of hydrogen-bond donors (Lipinski definition) is 1. The molecule has 0 spiro atoms. The van der Waals surface area contributed by atoms with Crippen molar-refractivity contribution < 1.29 is 9.53 Å². The maximum atomic E-state index is 13.2. The van der Waals surface area contributed by atoms with Crippen molar-refractivity contribution in [2.45, 2.75) is 64.5 Å². The number of hydrogen-bond acceptors (Lipinski definition) is 3. The highest BCUT2D eigenvalue weighted by atomic mass is 16.5. The summed E-state index contributed by atoms with van der Waals surface area (Å²) in [5.41, 5.74) is 3.09. The third-order valence-electron chi connectivity index (χ3n) is 5.61. The molecule has 1 aromatic heterocycles. The Labute approximate surface area is 162 Å². The maximum Gasteiger partial charge on any atom is 0.223 e. The molecule has 0 aliphatic carbocycles. The molecule has 1 unspecified atom stereocenters. The number of rotatable bonds is 5. The molecule has 1 aromatic carbocycles. The molecule has 1 aliphatic heterocycles. The van der Waals surface area contributed by atoms with Gasteiger partial charge in [0, 0.05) is 37.4 Å². The molecule has 27 heavy (non-hydrogen) atoms. The lowest BCUT2D eigenvalue weighted by atomic mass is 9.66. The number of nitrogens with one attached hydrogen (secondary N) is 1. The van der Waals surface area contributed by atoms with Gasteiger partial charge >= 0.3 is 0 Å². The molecule has 2 aromatic rings. The number of imidazole rings is 1. The predicted octanol–water partition coefficient (Wildman–Crippen LogP) is 3.90. The molecule has 146 valence electrons. The molecule has 1 aliphatic rings. The summed E-state index contributed by atoms with van der Waals surface area (Å²) in [6, 6.07) is 8.45. The van der Waals surface area contributed by atoms with Crippen molar-refractivity contribution in [1.82, 2.24) is 14.9 Å². The smallest absolute Gasteiger partial charge is 0.223 e. The molecule has 0 bridgehead atoms. The Bertz CT molecular complexity index is 811. The normalized spacial score (nSPS) is 21.8. The van der Waals surface area contributed by atoms with E-state index in [1.165, 1.54) is 11.1 Å². The molecule has 1 fully saturated rings. The lowest BCUT2D eigenvalue weighted by Crippen LogP contribution is -2.47. The molecule has 0 saturated carbocycles. The molecule has 2 heterocycles. The minimum Gasteiger partial charge on any atom is -0.376 e. The first kappa shape index (κ1) is 19.6. The van der Waals surface area contributed by atoms with Crippen molar-refractivity contribution in [1.29, 1.82) is 0 Å². The zero-order valence-corrected chi connectivity index (χ0v) is 17.1. The molecule has 5 heteroatoms. The Morgan fingerprint density at radius 2 is 2.04 bits per heavy atom. The molecular formula is C22H31N3O2. The molecule has 1 N–H and O–H groups in total. The largest absolute Gasteiger partial charge is 0.376 e. The van der Waals surface area contributed by atoms with Gasteiger partial charge in [-0.05, 0) is 51.7 Å². The molecular weight excluding hydrogens is 338 g/mol. The van der Waals surface area contributed by atoms with Crippen LogP contribution in [0.25, 0.3) is 0 Å². The summed E-state index contributed by atoms with van der Waals surface area (Å²) >= 11 is 0. The number of H-pyrrole nitrogens is 1.